The second-order valence-electron chi connectivity index (χ2n) is 4.75. The van der Waals surface area contributed by atoms with Crippen molar-refractivity contribution in [1.29, 1.82) is 5.26 Å². The van der Waals surface area contributed by atoms with E-state index in [1.54, 1.807) is 6.92 Å². The van der Waals surface area contributed by atoms with E-state index in [0.29, 0.717) is 17.5 Å². The number of hydrogen-bond acceptors (Lipinski definition) is 4. The molecule has 1 rings (SSSR count). The lowest BCUT2D eigenvalue weighted by atomic mass is 10.1. The van der Waals surface area contributed by atoms with Gasteiger partial charge in [-0.05, 0) is 37.1 Å². The molecule has 0 bridgehead atoms. The minimum absolute atomic E-state index is 0.0661. The molecule has 7 heteroatoms. The van der Waals surface area contributed by atoms with Crippen molar-refractivity contribution in [3.63, 3.8) is 0 Å². The van der Waals surface area contributed by atoms with E-state index in [2.05, 4.69) is 0 Å². The van der Waals surface area contributed by atoms with E-state index in [4.69, 9.17) is 11.0 Å². The third-order valence-corrected chi connectivity index (χ3v) is 4.89. The van der Waals surface area contributed by atoms with E-state index >= 15 is 0 Å². The zero-order valence-electron chi connectivity index (χ0n) is 12.2. The van der Waals surface area contributed by atoms with E-state index in [0.717, 1.165) is 10.7 Å². The Morgan fingerprint density at radius 3 is 2.57 bits per heavy atom. The number of rotatable bonds is 7. The number of sulfonamides is 1. The van der Waals surface area contributed by atoms with Crippen LogP contribution in [0.4, 0.5) is 0 Å². The highest BCUT2D eigenvalue weighted by atomic mass is 32.2. The highest BCUT2D eigenvalue weighted by Crippen LogP contribution is 2.19. The molecule has 0 fully saturated rings. The summed E-state index contributed by atoms with van der Waals surface area (Å²) >= 11 is 0. The van der Waals surface area contributed by atoms with E-state index < -0.39 is 15.9 Å². The van der Waals surface area contributed by atoms with Gasteiger partial charge in [0.25, 0.3) is 0 Å². The van der Waals surface area contributed by atoms with Crippen LogP contribution in [0.25, 0.3) is 0 Å². The fourth-order valence-corrected chi connectivity index (χ4v) is 3.39. The van der Waals surface area contributed by atoms with Gasteiger partial charge in [-0.3, -0.25) is 4.79 Å². The fraction of sp³-hybridized carbons (Fsp3) is 0.429. The molecular weight excluding hydrogens is 290 g/mol. The Morgan fingerprint density at radius 1 is 1.43 bits per heavy atom. The maximum atomic E-state index is 12.6. The second-order valence-corrected chi connectivity index (χ2v) is 6.68. The van der Waals surface area contributed by atoms with Crippen LogP contribution in [-0.4, -0.2) is 31.7 Å². The first-order chi connectivity index (χ1) is 9.82. The summed E-state index contributed by atoms with van der Waals surface area (Å²) in [6.07, 6.45) is 1.44. The molecule has 0 unspecified atom stereocenters. The number of aryl methyl sites for hydroxylation is 1. The minimum atomic E-state index is -3.79. The van der Waals surface area contributed by atoms with Crippen LogP contribution in [0, 0.1) is 18.3 Å². The maximum absolute atomic E-state index is 12.6. The first-order valence-electron chi connectivity index (χ1n) is 6.62. The Morgan fingerprint density at radius 2 is 2.10 bits per heavy atom. The Bertz CT molecular complexity index is 663. The molecule has 2 N–H and O–H groups in total. The molecule has 0 aliphatic rings. The normalized spacial score (nSPS) is 11.3. The highest BCUT2D eigenvalue weighted by Gasteiger charge is 2.25. The van der Waals surface area contributed by atoms with Gasteiger partial charge in [0, 0.05) is 6.54 Å². The Labute approximate surface area is 125 Å². The largest absolute Gasteiger partial charge is 0.369 e. The smallest absolute Gasteiger partial charge is 0.243 e. The molecule has 0 aliphatic heterocycles. The first kappa shape index (κ1) is 17.1. The predicted octanol–water partition coefficient (Wildman–Crippen LogP) is 1.14. The summed E-state index contributed by atoms with van der Waals surface area (Å²) in [6, 6.07) is 6.26. The molecular formula is C14H19N3O3S. The Kier molecular flexibility index (Phi) is 5.88. The number of hydrogen-bond donors (Lipinski definition) is 1. The zero-order chi connectivity index (χ0) is 16.0. The Balaban J connectivity index is 3.18. The van der Waals surface area contributed by atoms with Gasteiger partial charge in [-0.1, -0.05) is 13.3 Å². The molecule has 0 saturated carbocycles. The van der Waals surface area contributed by atoms with Gasteiger partial charge < -0.3 is 5.73 Å². The standard InChI is InChI=1S/C14H19N3O3S/c1-3-4-7-17(10-14(16)18)21(19,20)13-6-5-12(9-15)11(2)8-13/h5-6,8H,3-4,7,10H2,1-2H3,(H2,16,18). The Hall–Kier alpha value is -1.91. The van der Waals surface area contributed by atoms with Crippen LogP contribution in [0.5, 0.6) is 0 Å². The van der Waals surface area contributed by atoms with E-state index in [1.807, 2.05) is 13.0 Å². The van der Waals surface area contributed by atoms with Crippen molar-refractivity contribution in [3.8, 4) is 6.07 Å². The summed E-state index contributed by atoms with van der Waals surface area (Å²) in [5, 5.41) is 8.89. The lowest BCUT2D eigenvalue weighted by Crippen LogP contribution is -2.39. The molecule has 0 aromatic heterocycles. The summed E-state index contributed by atoms with van der Waals surface area (Å²) in [5.41, 5.74) is 6.12. The number of unbranched alkanes of at least 4 members (excludes halogenated alkanes) is 1. The van der Waals surface area contributed by atoms with Gasteiger partial charge >= 0.3 is 0 Å². The molecule has 6 nitrogen and oxygen atoms in total. The number of nitriles is 1. The van der Waals surface area contributed by atoms with Gasteiger partial charge in [0.05, 0.1) is 23.1 Å². The summed E-state index contributed by atoms with van der Waals surface area (Å²) in [7, 11) is -3.79. The molecule has 1 aromatic carbocycles. The molecule has 1 amide bonds. The number of amides is 1. The molecule has 0 heterocycles. The fourth-order valence-electron chi connectivity index (χ4n) is 1.86. The molecule has 21 heavy (non-hydrogen) atoms. The molecule has 114 valence electrons. The lowest BCUT2D eigenvalue weighted by molar-refractivity contribution is -0.118. The van der Waals surface area contributed by atoms with Crippen molar-refractivity contribution in [3.05, 3.63) is 29.3 Å². The van der Waals surface area contributed by atoms with Crippen molar-refractivity contribution >= 4 is 15.9 Å². The highest BCUT2D eigenvalue weighted by molar-refractivity contribution is 7.89. The van der Waals surface area contributed by atoms with Crippen LogP contribution in [0.15, 0.2) is 23.1 Å². The molecule has 0 radical (unpaired) electrons. The van der Waals surface area contributed by atoms with Crippen molar-refractivity contribution < 1.29 is 13.2 Å². The maximum Gasteiger partial charge on any atom is 0.243 e. The predicted molar refractivity (Wildman–Crippen MR) is 78.8 cm³/mol. The summed E-state index contributed by atoms with van der Waals surface area (Å²) in [5.74, 6) is -0.694. The third kappa shape index (κ3) is 4.28. The number of primary amides is 1. The van der Waals surface area contributed by atoms with E-state index in [1.165, 1.54) is 18.2 Å². The van der Waals surface area contributed by atoms with Crippen molar-refractivity contribution in [2.45, 2.75) is 31.6 Å². The number of nitrogens with zero attached hydrogens (tertiary/aromatic N) is 2. The molecule has 0 spiro atoms. The summed E-state index contributed by atoms with van der Waals surface area (Å²) < 4.78 is 26.2. The topological polar surface area (TPSA) is 104 Å². The van der Waals surface area contributed by atoms with Crippen molar-refractivity contribution in [1.82, 2.24) is 4.31 Å². The van der Waals surface area contributed by atoms with Gasteiger partial charge in [-0.2, -0.15) is 9.57 Å². The second kappa shape index (κ2) is 7.20. The average molecular weight is 309 g/mol. The van der Waals surface area contributed by atoms with Gasteiger partial charge in [-0.15, -0.1) is 0 Å². The van der Waals surface area contributed by atoms with Crippen LogP contribution in [0.3, 0.4) is 0 Å². The lowest BCUT2D eigenvalue weighted by Gasteiger charge is -2.20. The quantitative estimate of drug-likeness (QED) is 0.815. The van der Waals surface area contributed by atoms with Gasteiger partial charge in [-0.25, -0.2) is 8.42 Å². The van der Waals surface area contributed by atoms with E-state index in [-0.39, 0.29) is 18.0 Å². The van der Waals surface area contributed by atoms with E-state index in [9.17, 15) is 13.2 Å². The molecule has 0 atom stereocenters. The van der Waals surface area contributed by atoms with Gasteiger partial charge in [0.2, 0.25) is 15.9 Å². The number of carbonyl (C=O) groups is 1. The van der Waals surface area contributed by atoms with Crippen molar-refractivity contribution in [2.75, 3.05) is 13.1 Å². The number of nitrogens with two attached hydrogens (primary N) is 1. The van der Waals surface area contributed by atoms with Crippen LogP contribution >= 0.6 is 0 Å². The first-order valence-corrected chi connectivity index (χ1v) is 8.06. The molecule has 0 saturated heterocycles. The number of benzene rings is 1. The van der Waals surface area contributed by atoms with Gasteiger partial charge in [0.1, 0.15) is 0 Å². The van der Waals surface area contributed by atoms with Gasteiger partial charge in [0.15, 0.2) is 0 Å². The van der Waals surface area contributed by atoms with Crippen LogP contribution in [0.2, 0.25) is 0 Å². The van der Waals surface area contributed by atoms with Crippen LogP contribution in [-0.2, 0) is 14.8 Å². The van der Waals surface area contributed by atoms with Crippen LogP contribution in [0.1, 0.15) is 30.9 Å². The van der Waals surface area contributed by atoms with Crippen molar-refractivity contribution in [2.24, 2.45) is 5.73 Å². The van der Waals surface area contributed by atoms with Crippen LogP contribution < -0.4 is 5.73 Å². The monoisotopic (exact) mass is 309 g/mol. The SMILES string of the molecule is CCCCN(CC(N)=O)S(=O)(=O)c1ccc(C#N)c(C)c1. The number of carbonyl (C=O) groups excluding carboxylic acids is 1. The third-order valence-electron chi connectivity index (χ3n) is 3.05. The summed E-state index contributed by atoms with van der Waals surface area (Å²) in [6.45, 7) is 3.49. The minimum Gasteiger partial charge on any atom is -0.369 e. The summed E-state index contributed by atoms with van der Waals surface area (Å²) in [4.78, 5) is 11.2. The molecule has 0 aliphatic carbocycles. The zero-order valence-corrected chi connectivity index (χ0v) is 13.0. The average Bonchev–Trinajstić information content (AvgIpc) is 2.42. The molecule has 1 aromatic rings.